The summed E-state index contributed by atoms with van der Waals surface area (Å²) in [7, 11) is 1.76. The summed E-state index contributed by atoms with van der Waals surface area (Å²) >= 11 is 0. The molecule has 0 amide bonds. The normalized spacial score (nSPS) is 27.3. The zero-order valence-electron chi connectivity index (χ0n) is 12.0. The maximum atomic E-state index is 12.1. The third-order valence-electron chi connectivity index (χ3n) is 3.58. The lowest BCUT2D eigenvalue weighted by atomic mass is 10.1. The highest BCUT2D eigenvalue weighted by Gasteiger charge is 2.32. The molecule has 0 saturated carbocycles. The van der Waals surface area contributed by atoms with Gasteiger partial charge in [-0.2, -0.15) is 0 Å². The molecule has 2 heterocycles. The van der Waals surface area contributed by atoms with Crippen LogP contribution in [0.5, 0.6) is 0 Å². The summed E-state index contributed by atoms with van der Waals surface area (Å²) in [5, 5.41) is 3.19. The lowest BCUT2D eigenvalue weighted by Gasteiger charge is -2.37. The highest BCUT2D eigenvalue weighted by molar-refractivity contribution is 14.0. The van der Waals surface area contributed by atoms with E-state index in [1.807, 2.05) is 0 Å². The topological polar surface area (TPSA) is 46.1 Å². The third-order valence-corrected chi connectivity index (χ3v) is 3.58. The smallest absolute Gasteiger partial charge is 0.193 e. The van der Waals surface area contributed by atoms with Crippen molar-refractivity contribution in [3.8, 4) is 0 Å². The van der Waals surface area contributed by atoms with Gasteiger partial charge in [0.1, 0.15) is 6.10 Å². The lowest BCUT2D eigenvalue weighted by Crippen LogP contribution is -2.53. The summed E-state index contributed by atoms with van der Waals surface area (Å²) in [6, 6.07) is 0. The molecular formula is C13H25FIN3O2. The molecule has 2 fully saturated rings. The molecule has 2 aliphatic heterocycles. The molecule has 7 heteroatoms. The van der Waals surface area contributed by atoms with Crippen molar-refractivity contribution in [1.29, 1.82) is 0 Å². The second-order valence-electron chi connectivity index (χ2n) is 4.92. The fourth-order valence-corrected chi connectivity index (χ4v) is 2.59. The molecule has 20 heavy (non-hydrogen) atoms. The summed E-state index contributed by atoms with van der Waals surface area (Å²) in [6.07, 6.45) is 3.04. The van der Waals surface area contributed by atoms with Gasteiger partial charge in [-0.1, -0.05) is 0 Å². The first kappa shape index (κ1) is 17.9. The minimum Gasteiger partial charge on any atom is -0.375 e. The maximum absolute atomic E-state index is 12.1. The van der Waals surface area contributed by atoms with Crippen LogP contribution in [0.2, 0.25) is 0 Å². The third kappa shape index (κ3) is 5.00. The van der Waals surface area contributed by atoms with E-state index in [1.54, 1.807) is 7.05 Å². The van der Waals surface area contributed by atoms with Crippen LogP contribution in [0, 0.1) is 0 Å². The Labute approximate surface area is 137 Å². The second kappa shape index (κ2) is 9.73. The SMILES string of the molecule is CN=C(NCCCF)N1CCOC(C2CCCO2)C1.I. The number of guanidine groups is 1. The number of rotatable bonds is 4. The molecule has 0 aliphatic carbocycles. The first-order chi connectivity index (χ1) is 9.35. The van der Waals surface area contributed by atoms with E-state index < -0.39 is 0 Å². The van der Waals surface area contributed by atoms with Gasteiger partial charge in [0.15, 0.2) is 5.96 Å². The highest BCUT2D eigenvalue weighted by atomic mass is 127. The zero-order valence-corrected chi connectivity index (χ0v) is 14.3. The lowest BCUT2D eigenvalue weighted by molar-refractivity contribution is -0.0816. The van der Waals surface area contributed by atoms with Crippen molar-refractivity contribution in [1.82, 2.24) is 10.2 Å². The number of morpholine rings is 1. The largest absolute Gasteiger partial charge is 0.375 e. The molecule has 0 spiro atoms. The second-order valence-corrected chi connectivity index (χ2v) is 4.92. The molecule has 2 rings (SSSR count). The van der Waals surface area contributed by atoms with Gasteiger partial charge in [-0.05, 0) is 19.3 Å². The maximum Gasteiger partial charge on any atom is 0.193 e. The Kier molecular flexibility index (Phi) is 8.70. The van der Waals surface area contributed by atoms with Crippen LogP contribution in [0.25, 0.3) is 0 Å². The van der Waals surface area contributed by atoms with Crippen LogP contribution in [0.1, 0.15) is 19.3 Å². The summed E-state index contributed by atoms with van der Waals surface area (Å²) in [4.78, 5) is 6.43. The molecule has 2 aliphatic rings. The molecule has 2 saturated heterocycles. The molecule has 1 N–H and O–H groups in total. The number of ether oxygens (including phenoxy) is 2. The van der Waals surface area contributed by atoms with E-state index >= 15 is 0 Å². The Balaban J connectivity index is 0.00000200. The monoisotopic (exact) mass is 401 g/mol. The standard InChI is InChI=1S/C13H24FN3O2.HI/c1-15-13(16-6-3-5-14)17-7-9-19-12(10-17)11-4-2-8-18-11;/h11-12H,2-10H2,1H3,(H,15,16);1H. The van der Waals surface area contributed by atoms with Gasteiger partial charge in [0.25, 0.3) is 0 Å². The number of halogens is 2. The van der Waals surface area contributed by atoms with Crippen molar-refractivity contribution in [2.75, 3.05) is 46.6 Å². The van der Waals surface area contributed by atoms with Crippen LogP contribution in [0.4, 0.5) is 4.39 Å². The molecule has 0 aromatic rings. The number of hydrogen-bond donors (Lipinski definition) is 1. The van der Waals surface area contributed by atoms with Crippen molar-refractivity contribution in [2.45, 2.75) is 31.5 Å². The molecule has 0 aromatic heterocycles. The minimum atomic E-state index is -0.300. The molecule has 2 atom stereocenters. The van der Waals surface area contributed by atoms with Gasteiger partial charge < -0.3 is 19.7 Å². The van der Waals surface area contributed by atoms with Crippen LogP contribution in [0.15, 0.2) is 4.99 Å². The number of hydrogen-bond acceptors (Lipinski definition) is 3. The van der Waals surface area contributed by atoms with Gasteiger partial charge in [0.05, 0.1) is 19.4 Å². The first-order valence-corrected chi connectivity index (χ1v) is 7.10. The zero-order chi connectivity index (χ0) is 13.5. The van der Waals surface area contributed by atoms with E-state index in [4.69, 9.17) is 9.47 Å². The fraction of sp³-hybridized carbons (Fsp3) is 0.923. The predicted octanol–water partition coefficient (Wildman–Crippen LogP) is 1.42. The van der Waals surface area contributed by atoms with Crippen molar-refractivity contribution in [3.63, 3.8) is 0 Å². The van der Waals surface area contributed by atoms with Crippen LogP contribution in [0.3, 0.4) is 0 Å². The van der Waals surface area contributed by atoms with Gasteiger partial charge in [-0.25, -0.2) is 0 Å². The summed E-state index contributed by atoms with van der Waals surface area (Å²) in [6.45, 7) is 3.46. The number of aliphatic imine (C=N–C) groups is 1. The van der Waals surface area contributed by atoms with Crippen LogP contribution in [-0.4, -0.2) is 69.6 Å². The van der Waals surface area contributed by atoms with Crippen molar-refractivity contribution >= 4 is 29.9 Å². The Hall–Kier alpha value is -0.150. The molecule has 118 valence electrons. The minimum absolute atomic E-state index is 0. The van der Waals surface area contributed by atoms with E-state index in [2.05, 4.69) is 15.2 Å². The Morgan fingerprint density at radius 2 is 2.15 bits per heavy atom. The van der Waals surface area contributed by atoms with Crippen LogP contribution < -0.4 is 5.32 Å². The number of nitrogens with one attached hydrogen (secondary N) is 1. The predicted molar refractivity (Wildman–Crippen MR) is 87.7 cm³/mol. The molecular weight excluding hydrogens is 376 g/mol. The van der Waals surface area contributed by atoms with Crippen molar-refractivity contribution in [2.24, 2.45) is 4.99 Å². The van der Waals surface area contributed by atoms with E-state index in [1.165, 1.54) is 0 Å². The fourth-order valence-electron chi connectivity index (χ4n) is 2.59. The number of alkyl halides is 1. The molecule has 0 bridgehead atoms. The van der Waals surface area contributed by atoms with Crippen LogP contribution in [-0.2, 0) is 9.47 Å². The van der Waals surface area contributed by atoms with Crippen LogP contribution >= 0.6 is 24.0 Å². The first-order valence-electron chi connectivity index (χ1n) is 7.10. The highest BCUT2D eigenvalue weighted by Crippen LogP contribution is 2.20. The van der Waals surface area contributed by atoms with Gasteiger partial charge in [-0.3, -0.25) is 9.38 Å². The average molecular weight is 401 g/mol. The summed E-state index contributed by atoms with van der Waals surface area (Å²) in [5.74, 6) is 0.833. The Morgan fingerprint density at radius 3 is 2.80 bits per heavy atom. The van der Waals surface area contributed by atoms with E-state index in [-0.39, 0.29) is 42.9 Å². The van der Waals surface area contributed by atoms with Gasteiger partial charge in [0.2, 0.25) is 0 Å². The Morgan fingerprint density at radius 1 is 1.35 bits per heavy atom. The van der Waals surface area contributed by atoms with E-state index in [9.17, 15) is 4.39 Å². The molecule has 0 radical (unpaired) electrons. The van der Waals surface area contributed by atoms with Gasteiger partial charge in [0, 0.05) is 33.3 Å². The Bertz CT molecular complexity index is 301. The number of nitrogens with zero attached hydrogens (tertiary/aromatic N) is 2. The van der Waals surface area contributed by atoms with Crippen molar-refractivity contribution < 1.29 is 13.9 Å². The molecule has 2 unspecified atom stereocenters. The van der Waals surface area contributed by atoms with Gasteiger partial charge >= 0.3 is 0 Å². The quantitative estimate of drug-likeness (QED) is 0.335. The van der Waals surface area contributed by atoms with E-state index in [0.29, 0.717) is 19.6 Å². The van der Waals surface area contributed by atoms with Crippen molar-refractivity contribution in [3.05, 3.63) is 0 Å². The van der Waals surface area contributed by atoms with E-state index in [0.717, 1.165) is 38.5 Å². The molecule has 0 aromatic carbocycles. The average Bonchev–Trinajstić information content (AvgIpc) is 2.98. The molecule has 5 nitrogen and oxygen atoms in total. The summed E-state index contributed by atoms with van der Waals surface area (Å²) < 4.78 is 23.6. The van der Waals surface area contributed by atoms with Gasteiger partial charge in [-0.15, -0.1) is 24.0 Å². The summed E-state index contributed by atoms with van der Waals surface area (Å²) in [5.41, 5.74) is 0.